The number of ether oxygens (including phenoxy) is 1. The lowest BCUT2D eigenvalue weighted by Gasteiger charge is -2.02. The molecule has 90 valence electrons. The fourth-order valence-corrected chi connectivity index (χ4v) is 2.04. The molecular weight excluding hydrogens is 216 g/mol. The Bertz CT molecular complexity index is 558. The van der Waals surface area contributed by atoms with Gasteiger partial charge in [-0.05, 0) is 32.2 Å². The SMILES string of the molecule is CNCC(=O)c1c(C)[nH]c2ccc(OC)cc12. The molecule has 2 aromatic rings. The Kier molecular flexibility index (Phi) is 3.15. The van der Waals surface area contributed by atoms with E-state index in [1.807, 2.05) is 25.1 Å². The first-order valence-corrected chi connectivity index (χ1v) is 5.51. The number of rotatable bonds is 4. The molecule has 17 heavy (non-hydrogen) atoms. The zero-order valence-electron chi connectivity index (χ0n) is 10.3. The van der Waals surface area contributed by atoms with Crippen molar-refractivity contribution in [3.8, 4) is 5.75 Å². The van der Waals surface area contributed by atoms with E-state index >= 15 is 0 Å². The zero-order chi connectivity index (χ0) is 12.4. The first kappa shape index (κ1) is 11.7. The molecule has 2 N–H and O–H groups in total. The monoisotopic (exact) mass is 232 g/mol. The third kappa shape index (κ3) is 2.03. The number of Topliss-reactive ketones (excluding diaryl/α,β-unsaturated/α-hetero) is 1. The largest absolute Gasteiger partial charge is 0.497 e. The number of fused-ring (bicyclic) bond motifs is 1. The van der Waals surface area contributed by atoms with E-state index in [0.717, 1.165) is 27.9 Å². The van der Waals surface area contributed by atoms with Gasteiger partial charge in [-0.15, -0.1) is 0 Å². The maximum Gasteiger partial charge on any atom is 0.179 e. The van der Waals surface area contributed by atoms with Crippen molar-refractivity contribution in [1.82, 2.24) is 10.3 Å². The molecule has 0 saturated carbocycles. The summed E-state index contributed by atoms with van der Waals surface area (Å²) in [6.07, 6.45) is 0. The van der Waals surface area contributed by atoms with Crippen LogP contribution in [0.2, 0.25) is 0 Å². The summed E-state index contributed by atoms with van der Waals surface area (Å²) in [5, 5.41) is 3.80. The average molecular weight is 232 g/mol. The molecule has 0 atom stereocenters. The zero-order valence-corrected chi connectivity index (χ0v) is 10.3. The van der Waals surface area contributed by atoms with E-state index in [4.69, 9.17) is 4.74 Å². The highest BCUT2D eigenvalue weighted by Gasteiger charge is 2.15. The Hall–Kier alpha value is -1.81. The second-order valence-corrected chi connectivity index (χ2v) is 3.99. The summed E-state index contributed by atoms with van der Waals surface area (Å²) in [6.45, 7) is 2.25. The number of likely N-dealkylation sites (N-methyl/N-ethyl adjacent to an activating group) is 1. The molecule has 0 bridgehead atoms. The van der Waals surface area contributed by atoms with Crippen molar-refractivity contribution in [2.45, 2.75) is 6.92 Å². The number of carbonyl (C=O) groups is 1. The standard InChI is InChI=1S/C13H16N2O2/c1-8-13(12(16)7-14-2)10-6-9(17-3)4-5-11(10)15-8/h4-6,14-15H,7H2,1-3H3. The van der Waals surface area contributed by atoms with Crippen LogP contribution in [-0.2, 0) is 0 Å². The maximum absolute atomic E-state index is 12.0. The van der Waals surface area contributed by atoms with Crippen LogP contribution in [0.25, 0.3) is 10.9 Å². The molecule has 2 rings (SSSR count). The van der Waals surface area contributed by atoms with Crippen LogP contribution in [0.1, 0.15) is 16.1 Å². The Labute approximate surface area is 100.0 Å². The number of benzene rings is 1. The molecule has 0 radical (unpaired) electrons. The van der Waals surface area contributed by atoms with Crippen molar-refractivity contribution in [1.29, 1.82) is 0 Å². The summed E-state index contributed by atoms with van der Waals surface area (Å²) >= 11 is 0. The number of H-pyrrole nitrogens is 1. The van der Waals surface area contributed by atoms with E-state index in [2.05, 4.69) is 10.3 Å². The van der Waals surface area contributed by atoms with Crippen molar-refractivity contribution in [3.63, 3.8) is 0 Å². The third-order valence-corrected chi connectivity index (χ3v) is 2.81. The van der Waals surface area contributed by atoms with E-state index in [1.165, 1.54) is 0 Å². The van der Waals surface area contributed by atoms with E-state index in [-0.39, 0.29) is 5.78 Å². The van der Waals surface area contributed by atoms with Crippen LogP contribution in [-0.4, -0.2) is 31.5 Å². The van der Waals surface area contributed by atoms with Gasteiger partial charge in [-0.1, -0.05) is 0 Å². The minimum absolute atomic E-state index is 0.0875. The first-order valence-electron chi connectivity index (χ1n) is 5.51. The van der Waals surface area contributed by atoms with Crippen LogP contribution in [0.3, 0.4) is 0 Å². The predicted octanol–water partition coefficient (Wildman–Crippen LogP) is 1.89. The normalized spacial score (nSPS) is 10.8. The number of nitrogens with one attached hydrogen (secondary N) is 2. The number of ketones is 1. The molecule has 0 spiro atoms. The van der Waals surface area contributed by atoms with E-state index < -0.39 is 0 Å². The van der Waals surface area contributed by atoms with Crippen LogP contribution >= 0.6 is 0 Å². The van der Waals surface area contributed by atoms with Gasteiger partial charge < -0.3 is 15.0 Å². The molecule has 0 aliphatic carbocycles. The summed E-state index contributed by atoms with van der Waals surface area (Å²) in [6, 6.07) is 5.70. The summed E-state index contributed by atoms with van der Waals surface area (Å²) in [5.41, 5.74) is 2.60. The summed E-state index contributed by atoms with van der Waals surface area (Å²) in [7, 11) is 3.39. The van der Waals surface area contributed by atoms with Gasteiger partial charge in [0, 0.05) is 22.2 Å². The van der Waals surface area contributed by atoms with Crippen LogP contribution in [0.5, 0.6) is 5.75 Å². The van der Waals surface area contributed by atoms with Crippen LogP contribution < -0.4 is 10.1 Å². The molecule has 0 aliphatic heterocycles. The van der Waals surface area contributed by atoms with Crippen molar-refractivity contribution >= 4 is 16.7 Å². The molecule has 0 fully saturated rings. The van der Waals surface area contributed by atoms with Gasteiger partial charge in [0.2, 0.25) is 0 Å². The van der Waals surface area contributed by atoms with Gasteiger partial charge in [0.25, 0.3) is 0 Å². The van der Waals surface area contributed by atoms with Crippen molar-refractivity contribution in [2.75, 3.05) is 20.7 Å². The van der Waals surface area contributed by atoms with Crippen LogP contribution in [0.4, 0.5) is 0 Å². The molecule has 0 saturated heterocycles. The summed E-state index contributed by atoms with van der Waals surface area (Å²) in [5.74, 6) is 0.847. The molecular formula is C13H16N2O2. The molecule has 0 aliphatic rings. The fourth-order valence-electron chi connectivity index (χ4n) is 2.04. The Morgan fingerprint density at radius 3 is 2.88 bits per heavy atom. The third-order valence-electron chi connectivity index (χ3n) is 2.81. The Balaban J connectivity index is 2.60. The van der Waals surface area contributed by atoms with Crippen molar-refractivity contribution < 1.29 is 9.53 Å². The molecule has 0 amide bonds. The summed E-state index contributed by atoms with van der Waals surface area (Å²) in [4.78, 5) is 15.2. The number of aromatic amines is 1. The topological polar surface area (TPSA) is 54.1 Å². The Morgan fingerprint density at radius 2 is 2.24 bits per heavy atom. The van der Waals surface area contributed by atoms with E-state index in [1.54, 1.807) is 14.2 Å². The molecule has 4 nitrogen and oxygen atoms in total. The maximum atomic E-state index is 12.0. The highest BCUT2D eigenvalue weighted by molar-refractivity contribution is 6.10. The van der Waals surface area contributed by atoms with Crippen LogP contribution in [0, 0.1) is 6.92 Å². The second-order valence-electron chi connectivity index (χ2n) is 3.99. The quantitative estimate of drug-likeness (QED) is 0.791. The fraction of sp³-hybridized carbons (Fsp3) is 0.308. The Morgan fingerprint density at radius 1 is 1.47 bits per heavy atom. The number of carbonyl (C=O) groups excluding carboxylic acids is 1. The average Bonchev–Trinajstić information content (AvgIpc) is 2.64. The van der Waals surface area contributed by atoms with Gasteiger partial charge in [0.1, 0.15) is 5.75 Å². The lowest BCUT2D eigenvalue weighted by Crippen LogP contribution is -2.18. The molecule has 0 unspecified atom stereocenters. The number of methoxy groups -OCH3 is 1. The highest BCUT2D eigenvalue weighted by Crippen LogP contribution is 2.26. The van der Waals surface area contributed by atoms with E-state index in [9.17, 15) is 4.79 Å². The van der Waals surface area contributed by atoms with Gasteiger partial charge in [0.05, 0.1) is 13.7 Å². The first-order chi connectivity index (χ1) is 8.17. The van der Waals surface area contributed by atoms with E-state index in [0.29, 0.717) is 6.54 Å². The van der Waals surface area contributed by atoms with Gasteiger partial charge in [-0.25, -0.2) is 0 Å². The number of aryl methyl sites for hydroxylation is 1. The molecule has 1 heterocycles. The smallest absolute Gasteiger partial charge is 0.179 e. The van der Waals surface area contributed by atoms with Crippen LogP contribution in [0.15, 0.2) is 18.2 Å². The number of hydrogen-bond donors (Lipinski definition) is 2. The predicted molar refractivity (Wildman–Crippen MR) is 67.8 cm³/mol. The van der Waals surface area contributed by atoms with Crippen molar-refractivity contribution in [3.05, 3.63) is 29.5 Å². The van der Waals surface area contributed by atoms with Gasteiger partial charge in [0.15, 0.2) is 5.78 Å². The lowest BCUT2D eigenvalue weighted by atomic mass is 10.1. The minimum Gasteiger partial charge on any atom is -0.497 e. The number of aromatic nitrogens is 1. The summed E-state index contributed by atoms with van der Waals surface area (Å²) < 4.78 is 5.19. The molecule has 1 aromatic heterocycles. The van der Waals surface area contributed by atoms with Gasteiger partial charge in [-0.3, -0.25) is 4.79 Å². The van der Waals surface area contributed by atoms with Gasteiger partial charge >= 0.3 is 0 Å². The highest BCUT2D eigenvalue weighted by atomic mass is 16.5. The minimum atomic E-state index is 0.0875. The number of hydrogen-bond acceptors (Lipinski definition) is 3. The van der Waals surface area contributed by atoms with Gasteiger partial charge in [-0.2, -0.15) is 0 Å². The lowest BCUT2D eigenvalue weighted by molar-refractivity contribution is 0.0994. The second kappa shape index (κ2) is 4.59. The molecule has 1 aromatic carbocycles. The molecule has 4 heteroatoms. The van der Waals surface area contributed by atoms with Crippen molar-refractivity contribution in [2.24, 2.45) is 0 Å².